The molecule has 0 saturated carbocycles. The summed E-state index contributed by atoms with van der Waals surface area (Å²) in [6.07, 6.45) is 3.91. The third kappa shape index (κ3) is 6.61. The first kappa shape index (κ1) is 26.4. The number of nitrogens with zero attached hydrogens (tertiary/aromatic N) is 3. The Morgan fingerprint density at radius 3 is 2.03 bits per heavy atom. The minimum absolute atomic E-state index is 0.444. The number of hydrogen-bond acceptors (Lipinski definition) is 9. The number of piperidine rings is 1. The quantitative estimate of drug-likeness (QED) is 0.242. The molecular formula is C30H35N5O4. The lowest BCUT2D eigenvalue weighted by Gasteiger charge is -2.26. The topological polar surface area (TPSA) is 90.0 Å². The van der Waals surface area contributed by atoms with Gasteiger partial charge in [-0.2, -0.15) is 4.98 Å². The first-order valence-corrected chi connectivity index (χ1v) is 13.2. The van der Waals surface area contributed by atoms with Crippen LogP contribution in [-0.2, 0) is 0 Å². The molecule has 0 amide bonds. The van der Waals surface area contributed by atoms with E-state index in [1.54, 1.807) is 21.3 Å². The molecule has 2 N–H and O–H groups in total. The zero-order chi connectivity index (χ0) is 27.0. The zero-order valence-corrected chi connectivity index (χ0v) is 22.7. The van der Waals surface area contributed by atoms with Crippen LogP contribution in [0.25, 0.3) is 10.9 Å². The van der Waals surface area contributed by atoms with Crippen LogP contribution in [0.4, 0.5) is 23.1 Å². The van der Waals surface area contributed by atoms with Crippen LogP contribution in [0.2, 0.25) is 0 Å². The van der Waals surface area contributed by atoms with Crippen molar-refractivity contribution < 1.29 is 18.9 Å². The molecule has 9 heteroatoms. The average molecular weight is 530 g/mol. The van der Waals surface area contributed by atoms with Crippen molar-refractivity contribution >= 4 is 34.0 Å². The molecule has 204 valence electrons. The van der Waals surface area contributed by atoms with E-state index in [0.29, 0.717) is 35.4 Å². The van der Waals surface area contributed by atoms with E-state index < -0.39 is 0 Å². The minimum atomic E-state index is 0.444. The fraction of sp³-hybridized carbons (Fsp3) is 0.333. The number of benzene rings is 3. The van der Waals surface area contributed by atoms with Crippen molar-refractivity contribution in [1.29, 1.82) is 0 Å². The number of likely N-dealkylation sites (tertiary alicyclic amines) is 1. The maximum absolute atomic E-state index is 6.00. The average Bonchev–Trinajstić information content (AvgIpc) is 2.98. The van der Waals surface area contributed by atoms with Gasteiger partial charge in [0.2, 0.25) is 5.95 Å². The summed E-state index contributed by atoms with van der Waals surface area (Å²) >= 11 is 0. The van der Waals surface area contributed by atoms with E-state index in [-0.39, 0.29) is 0 Å². The van der Waals surface area contributed by atoms with Crippen molar-refractivity contribution in [1.82, 2.24) is 14.9 Å². The lowest BCUT2D eigenvalue weighted by Crippen LogP contribution is -2.33. The first-order chi connectivity index (χ1) is 19.1. The van der Waals surface area contributed by atoms with E-state index in [0.717, 1.165) is 34.8 Å². The number of hydrogen-bond donors (Lipinski definition) is 2. The largest absolute Gasteiger partial charge is 0.497 e. The maximum atomic E-state index is 6.00. The summed E-state index contributed by atoms with van der Waals surface area (Å²) in [5.74, 6) is 3.90. The van der Waals surface area contributed by atoms with Crippen LogP contribution in [0.1, 0.15) is 19.3 Å². The van der Waals surface area contributed by atoms with Crippen LogP contribution in [0.5, 0.6) is 23.0 Å². The molecule has 3 aromatic carbocycles. The van der Waals surface area contributed by atoms with Crippen molar-refractivity contribution in [3.63, 3.8) is 0 Å². The number of ether oxygens (including phenoxy) is 4. The molecule has 0 aliphatic carbocycles. The number of aromatic nitrogens is 2. The van der Waals surface area contributed by atoms with E-state index in [2.05, 4.69) is 15.5 Å². The first-order valence-electron chi connectivity index (χ1n) is 13.2. The van der Waals surface area contributed by atoms with Crippen molar-refractivity contribution in [2.24, 2.45) is 0 Å². The van der Waals surface area contributed by atoms with E-state index in [1.165, 1.54) is 32.4 Å². The number of anilines is 4. The molecule has 0 atom stereocenters. The Morgan fingerprint density at radius 2 is 1.36 bits per heavy atom. The zero-order valence-electron chi connectivity index (χ0n) is 22.7. The minimum Gasteiger partial charge on any atom is -0.497 e. The Labute approximate surface area is 229 Å². The highest BCUT2D eigenvalue weighted by atomic mass is 16.5. The second-order valence-electron chi connectivity index (χ2n) is 9.37. The summed E-state index contributed by atoms with van der Waals surface area (Å²) in [6.45, 7) is 3.99. The fourth-order valence-corrected chi connectivity index (χ4v) is 4.66. The van der Waals surface area contributed by atoms with E-state index in [4.69, 9.17) is 28.9 Å². The van der Waals surface area contributed by atoms with Crippen molar-refractivity contribution in [2.45, 2.75) is 19.3 Å². The van der Waals surface area contributed by atoms with Crippen LogP contribution >= 0.6 is 0 Å². The molecule has 0 bridgehead atoms. The molecule has 1 saturated heterocycles. The molecule has 39 heavy (non-hydrogen) atoms. The highest BCUT2D eigenvalue weighted by Crippen LogP contribution is 2.36. The van der Waals surface area contributed by atoms with Crippen molar-refractivity contribution in [3.8, 4) is 23.0 Å². The Kier molecular flexibility index (Phi) is 8.48. The Hall–Kier alpha value is -4.24. The van der Waals surface area contributed by atoms with Gasteiger partial charge in [-0.25, -0.2) is 4.98 Å². The molecule has 1 aromatic heterocycles. The van der Waals surface area contributed by atoms with Crippen molar-refractivity contribution in [2.75, 3.05) is 58.2 Å². The van der Waals surface area contributed by atoms with Crippen molar-refractivity contribution in [3.05, 3.63) is 60.7 Å². The summed E-state index contributed by atoms with van der Waals surface area (Å²) < 4.78 is 22.3. The summed E-state index contributed by atoms with van der Waals surface area (Å²) in [4.78, 5) is 12.0. The number of fused-ring (bicyclic) bond motifs is 1. The molecule has 0 spiro atoms. The van der Waals surface area contributed by atoms with E-state index >= 15 is 0 Å². The normalized spacial score (nSPS) is 13.6. The summed E-state index contributed by atoms with van der Waals surface area (Å²) in [6, 6.07) is 19.2. The van der Waals surface area contributed by atoms with Gasteiger partial charge in [0.25, 0.3) is 0 Å². The Balaban J connectivity index is 1.36. The molecular weight excluding hydrogens is 494 g/mol. The standard InChI is InChI=1S/C30H35N5O4/c1-36-23-11-7-22(8-12-23)32-30-33-26-20-28(38-3)27(37-2)19-25(26)29(34-30)31-21-9-13-24(14-10-21)39-18-17-35-15-5-4-6-16-35/h7-14,19-20H,4-6,15-18H2,1-3H3,(H2,31,32,33,34). The van der Waals surface area contributed by atoms with Crippen LogP contribution in [0.15, 0.2) is 60.7 Å². The molecule has 4 aromatic rings. The van der Waals surface area contributed by atoms with Gasteiger partial charge < -0.3 is 29.6 Å². The van der Waals surface area contributed by atoms with Gasteiger partial charge in [0.05, 0.1) is 26.8 Å². The third-order valence-corrected chi connectivity index (χ3v) is 6.79. The SMILES string of the molecule is COc1ccc(Nc2nc(Nc3ccc(OCCN4CCCCC4)cc3)c3cc(OC)c(OC)cc3n2)cc1. The molecule has 9 nitrogen and oxygen atoms in total. The van der Waals surface area contributed by atoms with E-state index in [9.17, 15) is 0 Å². The molecule has 5 rings (SSSR count). The number of methoxy groups -OCH3 is 3. The van der Waals surface area contributed by atoms with Gasteiger partial charge in [-0.3, -0.25) is 4.90 Å². The molecule has 1 fully saturated rings. The van der Waals surface area contributed by atoms with Gasteiger partial charge in [0, 0.05) is 29.4 Å². The van der Waals surface area contributed by atoms with Gasteiger partial charge in [-0.1, -0.05) is 6.42 Å². The second kappa shape index (κ2) is 12.5. The second-order valence-corrected chi connectivity index (χ2v) is 9.37. The smallest absolute Gasteiger partial charge is 0.229 e. The maximum Gasteiger partial charge on any atom is 0.229 e. The predicted octanol–water partition coefficient (Wildman–Crippen LogP) is 6.01. The molecule has 0 unspecified atom stereocenters. The van der Waals surface area contributed by atoms with Gasteiger partial charge in [-0.15, -0.1) is 0 Å². The lowest BCUT2D eigenvalue weighted by molar-refractivity contribution is 0.183. The predicted molar refractivity (Wildman–Crippen MR) is 154 cm³/mol. The van der Waals surface area contributed by atoms with Gasteiger partial charge in [0.1, 0.15) is 23.9 Å². The highest BCUT2D eigenvalue weighted by molar-refractivity contribution is 5.94. The summed E-state index contributed by atoms with van der Waals surface area (Å²) in [7, 11) is 4.86. The number of nitrogens with one attached hydrogen (secondary N) is 2. The van der Waals surface area contributed by atoms with Gasteiger partial charge >= 0.3 is 0 Å². The monoisotopic (exact) mass is 529 g/mol. The molecule has 1 aliphatic heterocycles. The number of rotatable bonds is 11. The summed E-state index contributed by atoms with van der Waals surface area (Å²) in [5.41, 5.74) is 2.43. The Morgan fingerprint density at radius 1 is 0.718 bits per heavy atom. The van der Waals surface area contributed by atoms with Crippen LogP contribution in [-0.4, -0.2) is 62.4 Å². The fourth-order valence-electron chi connectivity index (χ4n) is 4.66. The lowest BCUT2D eigenvalue weighted by atomic mass is 10.1. The van der Waals surface area contributed by atoms with Gasteiger partial charge in [-0.05, 0) is 80.5 Å². The molecule has 1 aliphatic rings. The van der Waals surface area contributed by atoms with Crippen LogP contribution in [0, 0.1) is 0 Å². The highest BCUT2D eigenvalue weighted by Gasteiger charge is 2.15. The third-order valence-electron chi connectivity index (χ3n) is 6.79. The van der Waals surface area contributed by atoms with Crippen LogP contribution in [0.3, 0.4) is 0 Å². The molecule has 0 radical (unpaired) electrons. The van der Waals surface area contributed by atoms with E-state index in [1.807, 2.05) is 60.7 Å². The van der Waals surface area contributed by atoms with Gasteiger partial charge in [0.15, 0.2) is 11.5 Å². The van der Waals surface area contributed by atoms with Crippen LogP contribution < -0.4 is 29.6 Å². The summed E-state index contributed by atoms with van der Waals surface area (Å²) in [5, 5.41) is 7.53. The molecule has 2 heterocycles. The Bertz CT molecular complexity index is 1370.